The summed E-state index contributed by atoms with van der Waals surface area (Å²) in [6, 6.07) is 2.15. The van der Waals surface area contributed by atoms with Gasteiger partial charge in [0.25, 0.3) is 5.24 Å². The minimum atomic E-state index is -0.276. The molecule has 0 aliphatic carbocycles. The summed E-state index contributed by atoms with van der Waals surface area (Å²) in [6.07, 6.45) is 0. The third-order valence-electron chi connectivity index (χ3n) is 3.91. The van der Waals surface area contributed by atoms with Gasteiger partial charge in [-0.3, -0.25) is 19.3 Å². The minimum absolute atomic E-state index is 0.111. The van der Waals surface area contributed by atoms with Crippen LogP contribution in [0.25, 0.3) is 0 Å². The normalized spacial score (nSPS) is 13.9. The second-order valence-electron chi connectivity index (χ2n) is 5.48. The number of amides is 3. The second kappa shape index (κ2) is 8.36. The molecule has 0 atom stereocenters. The fraction of sp³-hybridized carbons (Fsp3) is 0.438. The Morgan fingerprint density at radius 2 is 2.08 bits per heavy atom. The van der Waals surface area contributed by atoms with Crippen molar-refractivity contribution in [3.05, 3.63) is 22.4 Å². The number of carbonyl (C=O) groups is 3. The van der Waals surface area contributed by atoms with Crippen LogP contribution >= 0.6 is 23.5 Å². The van der Waals surface area contributed by atoms with Crippen LogP contribution in [0.5, 0.6) is 0 Å². The van der Waals surface area contributed by atoms with Gasteiger partial charge in [0.15, 0.2) is 0 Å². The number of rotatable bonds is 6. The Balaban J connectivity index is 1.87. The molecule has 0 unspecified atom stereocenters. The zero-order valence-electron chi connectivity index (χ0n) is 14.2. The molecule has 1 saturated heterocycles. The average Bonchev–Trinajstić information content (AvgIpc) is 2.90. The maximum atomic E-state index is 12.0. The number of nitriles is 1. The molecule has 9 heteroatoms. The summed E-state index contributed by atoms with van der Waals surface area (Å²) in [4.78, 5) is 40.4. The van der Waals surface area contributed by atoms with Gasteiger partial charge in [-0.1, -0.05) is 23.5 Å². The lowest BCUT2D eigenvalue weighted by atomic mass is 10.1. The summed E-state index contributed by atoms with van der Waals surface area (Å²) < 4.78 is 0. The lowest BCUT2D eigenvalue weighted by Gasteiger charge is -2.13. The highest BCUT2D eigenvalue weighted by molar-refractivity contribution is 8.14. The average molecular weight is 378 g/mol. The number of hydrogen-bond donors (Lipinski definition) is 1. The number of carbonyl (C=O) groups excluding carboxylic acids is 3. The van der Waals surface area contributed by atoms with Gasteiger partial charge in [-0.2, -0.15) is 5.26 Å². The molecule has 132 valence electrons. The molecule has 1 aliphatic rings. The number of thioether (sulfide) groups is 2. The molecule has 1 N–H and O–H groups in total. The van der Waals surface area contributed by atoms with Crippen LogP contribution in [0.4, 0.5) is 4.79 Å². The minimum Gasteiger partial charge on any atom is -0.354 e. The van der Waals surface area contributed by atoms with Crippen LogP contribution in [0.15, 0.2) is 5.03 Å². The summed E-state index contributed by atoms with van der Waals surface area (Å²) in [7, 11) is 0. The first-order valence-corrected chi connectivity index (χ1v) is 9.56. The van der Waals surface area contributed by atoms with Gasteiger partial charge < -0.3 is 5.32 Å². The van der Waals surface area contributed by atoms with E-state index < -0.39 is 0 Å². The molecule has 0 saturated carbocycles. The number of aromatic nitrogens is 1. The highest BCUT2D eigenvalue weighted by Gasteiger charge is 2.29. The first-order chi connectivity index (χ1) is 11.8. The number of aryl methyl sites for hydroxylation is 1. The molecule has 1 fully saturated rings. The van der Waals surface area contributed by atoms with Crippen molar-refractivity contribution in [1.82, 2.24) is 15.2 Å². The van der Waals surface area contributed by atoms with Gasteiger partial charge in [-0.15, -0.1) is 0 Å². The van der Waals surface area contributed by atoms with Crippen molar-refractivity contribution in [2.45, 2.75) is 25.8 Å². The Morgan fingerprint density at radius 1 is 1.36 bits per heavy atom. The summed E-state index contributed by atoms with van der Waals surface area (Å²) in [5.41, 5.74) is 3.18. The fourth-order valence-corrected chi connectivity index (χ4v) is 3.90. The SMILES string of the molecule is Cc1nc(SCC(=O)NCCN2C(=O)CSC2=O)c(C#N)c(C)c1C. The fourth-order valence-electron chi connectivity index (χ4n) is 2.24. The van der Waals surface area contributed by atoms with E-state index in [0.717, 1.165) is 33.5 Å². The maximum absolute atomic E-state index is 12.0. The standard InChI is InChI=1S/C16H18N4O3S2/c1-9-10(2)12(6-17)15(19-11(9)3)24-7-13(21)18-4-5-20-14(22)8-25-16(20)23/h4-5,7-8H2,1-3H3,(H,18,21). The quantitative estimate of drug-likeness (QED) is 0.753. The molecular weight excluding hydrogens is 360 g/mol. The van der Waals surface area contributed by atoms with Crippen LogP contribution in [-0.4, -0.2) is 51.5 Å². The number of imide groups is 1. The Morgan fingerprint density at radius 3 is 2.68 bits per heavy atom. The predicted octanol–water partition coefficient (Wildman–Crippen LogP) is 1.78. The van der Waals surface area contributed by atoms with Crippen molar-refractivity contribution in [3.8, 4) is 6.07 Å². The van der Waals surface area contributed by atoms with E-state index >= 15 is 0 Å². The molecule has 2 rings (SSSR count). The second-order valence-corrected chi connectivity index (χ2v) is 7.37. The van der Waals surface area contributed by atoms with Crippen molar-refractivity contribution in [2.24, 2.45) is 0 Å². The van der Waals surface area contributed by atoms with E-state index in [1.807, 2.05) is 20.8 Å². The lowest BCUT2D eigenvalue weighted by molar-refractivity contribution is -0.125. The Bertz CT molecular complexity index is 758. The molecule has 1 aromatic heterocycles. The largest absolute Gasteiger partial charge is 0.354 e. The van der Waals surface area contributed by atoms with Gasteiger partial charge >= 0.3 is 0 Å². The first kappa shape index (κ1) is 19.3. The molecule has 0 spiro atoms. The van der Waals surface area contributed by atoms with Crippen molar-refractivity contribution < 1.29 is 14.4 Å². The van der Waals surface area contributed by atoms with Gasteiger partial charge in [-0.05, 0) is 31.9 Å². The van der Waals surface area contributed by atoms with Crippen molar-refractivity contribution >= 4 is 40.6 Å². The summed E-state index contributed by atoms with van der Waals surface area (Å²) in [5, 5.41) is 12.3. The van der Waals surface area contributed by atoms with Crippen LogP contribution < -0.4 is 5.32 Å². The highest BCUT2D eigenvalue weighted by Crippen LogP contribution is 2.26. The van der Waals surface area contributed by atoms with E-state index in [-0.39, 0.29) is 41.6 Å². The van der Waals surface area contributed by atoms with Crippen molar-refractivity contribution in [2.75, 3.05) is 24.6 Å². The number of hydrogen-bond acceptors (Lipinski definition) is 7. The van der Waals surface area contributed by atoms with Crippen LogP contribution in [0.2, 0.25) is 0 Å². The van der Waals surface area contributed by atoms with Crippen LogP contribution in [0, 0.1) is 32.1 Å². The smallest absolute Gasteiger partial charge is 0.288 e. The zero-order chi connectivity index (χ0) is 18.6. The van der Waals surface area contributed by atoms with E-state index in [1.54, 1.807) is 0 Å². The number of nitrogens with one attached hydrogen (secondary N) is 1. The van der Waals surface area contributed by atoms with Gasteiger partial charge in [0.05, 0.1) is 17.1 Å². The van der Waals surface area contributed by atoms with E-state index in [9.17, 15) is 19.6 Å². The number of nitrogens with zero attached hydrogens (tertiary/aromatic N) is 3. The summed E-state index contributed by atoms with van der Waals surface area (Å²) in [5.74, 6) is -0.192. The Kier molecular flexibility index (Phi) is 6.45. The maximum Gasteiger partial charge on any atom is 0.288 e. The van der Waals surface area contributed by atoms with E-state index in [4.69, 9.17) is 0 Å². The van der Waals surface area contributed by atoms with Gasteiger partial charge in [0.1, 0.15) is 11.1 Å². The Hall–Kier alpha value is -2.05. The van der Waals surface area contributed by atoms with Crippen LogP contribution in [0.1, 0.15) is 22.4 Å². The molecule has 0 bridgehead atoms. The summed E-state index contributed by atoms with van der Waals surface area (Å²) in [6.45, 7) is 6.04. The van der Waals surface area contributed by atoms with E-state index in [2.05, 4.69) is 16.4 Å². The molecule has 1 aromatic rings. The third kappa shape index (κ3) is 4.52. The first-order valence-electron chi connectivity index (χ1n) is 7.59. The molecule has 0 aromatic carbocycles. The summed E-state index contributed by atoms with van der Waals surface area (Å²) >= 11 is 2.17. The molecule has 0 radical (unpaired) electrons. The van der Waals surface area contributed by atoms with E-state index in [0.29, 0.717) is 10.6 Å². The van der Waals surface area contributed by atoms with Crippen LogP contribution in [-0.2, 0) is 9.59 Å². The van der Waals surface area contributed by atoms with Crippen molar-refractivity contribution in [1.29, 1.82) is 5.26 Å². The predicted molar refractivity (Wildman–Crippen MR) is 96.5 cm³/mol. The molecule has 25 heavy (non-hydrogen) atoms. The highest BCUT2D eigenvalue weighted by atomic mass is 32.2. The molecule has 2 heterocycles. The third-order valence-corrected chi connectivity index (χ3v) is 5.75. The van der Waals surface area contributed by atoms with Gasteiger partial charge in [0.2, 0.25) is 11.8 Å². The number of pyridine rings is 1. The topological polar surface area (TPSA) is 103 Å². The zero-order valence-corrected chi connectivity index (χ0v) is 15.8. The van der Waals surface area contributed by atoms with Crippen LogP contribution in [0.3, 0.4) is 0 Å². The van der Waals surface area contributed by atoms with Gasteiger partial charge in [0, 0.05) is 18.8 Å². The molecule has 3 amide bonds. The Labute approximate surface area is 154 Å². The lowest BCUT2D eigenvalue weighted by Crippen LogP contribution is -2.38. The van der Waals surface area contributed by atoms with Gasteiger partial charge in [-0.25, -0.2) is 4.98 Å². The molecular formula is C16H18N4O3S2. The van der Waals surface area contributed by atoms with Crippen molar-refractivity contribution in [3.63, 3.8) is 0 Å². The molecule has 7 nitrogen and oxygen atoms in total. The van der Waals surface area contributed by atoms with E-state index in [1.165, 1.54) is 11.8 Å². The molecule has 1 aliphatic heterocycles. The monoisotopic (exact) mass is 378 g/mol.